The maximum Gasteiger partial charge on any atom is 0.224 e. The maximum absolute atomic E-state index is 12.6. The number of aliphatic hydroxyl groups is 1. The van der Waals surface area contributed by atoms with Gasteiger partial charge in [-0.3, -0.25) is 14.4 Å². The highest BCUT2D eigenvalue weighted by molar-refractivity contribution is 5.79. The molecule has 7 nitrogen and oxygen atoms in total. The number of hydrogen-bond donors (Lipinski definition) is 1. The quantitative estimate of drug-likeness (QED) is 0.853. The molecule has 26 heavy (non-hydrogen) atoms. The Morgan fingerprint density at radius 3 is 2.88 bits per heavy atom. The number of aromatic nitrogens is 2. The van der Waals surface area contributed by atoms with E-state index in [1.54, 1.807) is 4.90 Å². The maximum atomic E-state index is 12.6. The van der Waals surface area contributed by atoms with E-state index >= 15 is 0 Å². The molecule has 1 aromatic heterocycles. The van der Waals surface area contributed by atoms with Crippen molar-refractivity contribution in [1.82, 2.24) is 19.6 Å². The number of morpholine rings is 1. The first-order valence-corrected chi connectivity index (χ1v) is 9.34. The lowest BCUT2D eigenvalue weighted by Crippen LogP contribution is -2.49. The summed E-state index contributed by atoms with van der Waals surface area (Å²) in [5, 5.41) is 16.3. The molecule has 2 aliphatic heterocycles. The third kappa shape index (κ3) is 3.75. The lowest BCUT2D eigenvalue weighted by Gasteiger charge is -2.33. The highest BCUT2D eigenvalue weighted by Gasteiger charge is 2.39. The Morgan fingerprint density at radius 1 is 1.23 bits per heavy atom. The van der Waals surface area contributed by atoms with Crippen LogP contribution in [-0.4, -0.2) is 82.1 Å². The number of rotatable bonds is 5. The summed E-state index contributed by atoms with van der Waals surface area (Å²) in [6.07, 6.45) is 2.87. The van der Waals surface area contributed by atoms with Gasteiger partial charge in [0.15, 0.2) is 0 Å². The van der Waals surface area contributed by atoms with Crippen LogP contribution >= 0.6 is 0 Å². The van der Waals surface area contributed by atoms with Crippen LogP contribution in [0.1, 0.15) is 12.8 Å². The zero-order valence-corrected chi connectivity index (χ0v) is 15.0. The van der Waals surface area contributed by atoms with Crippen molar-refractivity contribution in [3.05, 3.63) is 30.5 Å². The average molecular weight is 358 g/mol. The summed E-state index contributed by atoms with van der Waals surface area (Å²) in [6.45, 7) is 5.36. The number of aryl methyl sites for hydroxylation is 1. The van der Waals surface area contributed by atoms with Crippen molar-refractivity contribution < 1.29 is 14.6 Å². The number of amides is 1. The fraction of sp³-hybridized carbons (Fsp3) is 0.579. The fourth-order valence-electron chi connectivity index (χ4n) is 3.94. The number of β-amino-alcohol motifs (C(OH)–C–C–N with tert-alkyl or cyclic N) is 1. The molecule has 3 heterocycles. The predicted molar refractivity (Wildman–Crippen MR) is 97.8 cm³/mol. The number of likely N-dealkylation sites (tertiary alicyclic amines) is 1. The van der Waals surface area contributed by atoms with Crippen LogP contribution in [0.15, 0.2) is 30.5 Å². The van der Waals surface area contributed by atoms with Gasteiger partial charge in [-0.05, 0) is 12.5 Å². The molecular weight excluding hydrogens is 332 g/mol. The van der Waals surface area contributed by atoms with E-state index in [1.165, 1.54) is 0 Å². The average Bonchev–Trinajstić information content (AvgIpc) is 3.24. The predicted octanol–water partition coefficient (Wildman–Crippen LogP) is 0.722. The Kier molecular flexibility index (Phi) is 4.93. The van der Waals surface area contributed by atoms with Crippen LogP contribution in [0.4, 0.5) is 0 Å². The zero-order chi connectivity index (χ0) is 18.0. The molecule has 7 heteroatoms. The number of carbonyl (C=O) groups is 1. The number of benzene rings is 1. The van der Waals surface area contributed by atoms with Crippen LogP contribution in [0.2, 0.25) is 0 Å². The topological polar surface area (TPSA) is 70.8 Å². The van der Waals surface area contributed by atoms with Crippen LogP contribution in [0.25, 0.3) is 10.9 Å². The monoisotopic (exact) mass is 358 g/mol. The molecular formula is C19H26N4O3. The van der Waals surface area contributed by atoms with E-state index in [2.05, 4.69) is 10.00 Å². The van der Waals surface area contributed by atoms with Gasteiger partial charge in [0.05, 0.1) is 43.6 Å². The Labute approximate surface area is 153 Å². The lowest BCUT2D eigenvalue weighted by atomic mass is 10.0. The smallest absolute Gasteiger partial charge is 0.224 e. The third-order valence-electron chi connectivity index (χ3n) is 5.40. The molecule has 0 aliphatic carbocycles. The van der Waals surface area contributed by atoms with Gasteiger partial charge in [-0.15, -0.1) is 0 Å². The summed E-state index contributed by atoms with van der Waals surface area (Å²) in [4.78, 5) is 16.6. The highest BCUT2D eigenvalue weighted by Crippen LogP contribution is 2.24. The standard InChI is InChI=1S/C19H26N4O3/c24-18(5-7-23-17-4-2-1-3-16(17)13-20-23)22-8-6-19(25,15-22)14-21-9-11-26-12-10-21/h1-4,13,25H,5-12,14-15H2/t19-/m0/s1. The van der Waals surface area contributed by atoms with E-state index in [0.717, 1.165) is 37.2 Å². The summed E-state index contributed by atoms with van der Waals surface area (Å²) in [7, 11) is 0. The molecule has 2 saturated heterocycles. The van der Waals surface area contributed by atoms with E-state index in [4.69, 9.17) is 4.74 Å². The Morgan fingerprint density at radius 2 is 2.04 bits per heavy atom. The SMILES string of the molecule is O=C(CCn1ncc2ccccc21)N1CC[C@](O)(CN2CCOCC2)C1. The van der Waals surface area contributed by atoms with E-state index in [9.17, 15) is 9.90 Å². The second-order valence-corrected chi connectivity index (χ2v) is 7.35. The van der Waals surface area contributed by atoms with Crippen molar-refractivity contribution in [2.75, 3.05) is 45.9 Å². The summed E-state index contributed by atoms with van der Waals surface area (Å²) in [5.74, 6) is 0.0856. The summed E-state index contributed by atoms with van der Waals surface area (Å²) < 4.78 is 7.24. The molecule has 2 aromatic rings. The van der Waals surface area contributed by atoms with E-state index in [-0.39, 0.29) is 5.91 Å². The molecule has 0 bridgehead atoms. The van der Waals surface area contributed by atoms with Gasteiger partial charge in [0.2, 0.25) is 5.91 Å². The largest absolute Gasteiger partial charge is 0.387 e. The van der Waals surface area contributed by atoms with Gasteiger partial charge in [-0.1, -0.05) is 18.2 Å². The third-order valence-corrected chi connectivity index (χ3v) is 5.40. The Balaban J connectivity index is 1.31. The molecule has 2 fully saturated rings. The van der Waals surface area contributed by atoms with Crippen molar-refractivity contribution in [3.63, 3.8) is 0 Å². The molecule has 1 aromatic carbocycles. The number of para-hydroxylation sites is 1. The number of ether oxygens (including phenoxy) is 1. The van der Waals surface area contributed by atoms with E-state index < -0.39 is 5.60 Å². The first-order chi connectivity index (χ1) is 12.6. The van der Waals surface area contributed by atoms with Crippen molar-refractivity contribution in [2.24, 2.45) is 0 Å². The Hall–Kier alpha value is -1.96. The molecule has 0 unspecified atom stereocenters. The first-order valence-electron chi connectivity index (χ1n) is 9.34. The molecule has 0 saturated carbocycles. The van der Waals surface area contributed by atoms with Crippen molar-refractivity contribution >= 4 is 16.8 Å². The van der Waals surface area contributed by atoms with Crippen LogP contribution in [0, 0.1) is 0 Å². The molecule has 0 radical (unpaired) electrons. The minimum Gasteiger partial charge on any atom is -0.387 e. The van der Waals surface area contributed by atoms with Crippen molar-refractivity contribution in [1.29, 1.82) is 0 Å². The van der Waals surface area contributed by atoms with E-state index in [1.807, 2.05) is 35.1 Å². The van der Waals surface area contributed by atoms with Crippen molar-refractivity contribution in [3.8, 4) is 0 Å². The van der Waals surface area contributed by atoms with Gasteiger partial charge in [-0.2, -0.15) is 5.10 Å². The van der Waals surface area contributed by atoms with Gasteiger partial charge in [0.1, 0.15) is 0 Å². The van der Waals surface area contributed by atoms with Gasteiger partial charge in [0.25, 0.3) is 0 Å². The van der Waals surface area contributed by atoms with Gasteiger partial charge >= 0.3 is 0 Å². The molecule has 1 atom stereocenters. The molecule has 2 aliphatic rings. The van der Waals surface area contributed by atoms with Crippen molar-refractivity contribution in [2.45, 2.75) is 25.0 Å². The second-order valence-electron chi connectivity index (χ2n) is 7.35. The molecule has 4 rings (SSSR count). The molecule has 0 spiro atoms. The minimum atomic E-state index is -0.800. The minimum absolute atomic E-state index is 0.0856. The molecule has 1 amide bonds. The van der Waals surface area contributed by atoms with Gasteiger partial charge in [0, 0.05) is 38.0 Å². The molecule has 140 valence electrons. The summed E-state index contributed by atoms with van der Waals surface area (Å²) in [6, 6.07) is 8.00. The number of carbonyl (C=O) groups excluding carboxylic acids is 1. The van der Waals surface area contributed by atoms with E-state index in [0.29, 0.717) is 39.0 Å². The van der Waals surface area contributed by atoms with Gasteiger partial charge < -0.3 is 14.7 Å². The van der Waals surface area contributed by atoms with Crippen LogP contribution in [0.3, 0.4) is 0 Å². The number of nitrogens with zero attached hydrogens (tertiary/aromatic N) is 4. The fourth-order valence-corrected chi connectivity index (χ4v) is 3.94. The highest BCUT2D eigenvalue weighted by atomic mass is 16.5. The Bertz CT molecular complexity index is 771. The first kappa shape index (κ1) is 17.5. The summed E-state index contributed by atoms with van der Waals surface area (Å²) in [5.41, 5.74) is 0.247. The van der Waals surface area contributed by atoms with Crippen LogP contribution < -0.4 is 0 Å². The number of hydrogen-bond acceptors (Lipinski definition) is 5. The molecule has 1 N–H and O–H groups in total. The van der Waals surface area contributed by atoms with Crippen LogP contribution in [-0.2, 0) is 16.1 Å². The lowest BCUT2D eigenvalue weighted by molar-refractivity contribution is -0.131. The second kappa shape index (κ2) is 7.34. The normalized spacial score (nSPS) is 24.4. The zero-order valence-electron chi connectivity index (χ0n) is 15.0. The number of fused-ring (bicyclic) bond motifs is 1. The van der Waals surface area contributed by atoms with Gasteiger partial charge in [-0.25, -0.2) is 0 Å². The summed E-state index contributed by atoms with van der Waals surface area (Å²) >= 11 is 0. The van der Waals surface area contributed by atoms with Crippen LogP contribution in [0.5, 0.6) is 0 Å².